The van der Waals surface area contributed by atoms with Crippen molar-refractivity contribution in [3.8, 4) is 0 Å². The summed E-state index contributed by atoms with van der Waals surface area (Å²) < 4.78 is 2.06. The summed E-state index contributed by atoms with van der Waals surface area (Å²) in [5.41, 5.74) is 5.92. The van der Waals surface area contributed by atoms with Crippen molar-refractivity contribution in [2.45, 2.75) is 59.4 Å². The van der Waals surface area contributed by atoms with Gasteiger partial charge in [0.15, 0.2) is 0 Å². The van der Waals surface area contributed by atoms with Gasteiger partial charge in [0.1, 0.15) is 0 Å². The minimum absolute atomic E-state index is 0. The number of carbonyl (C=O) groups is 1. The number of nitrogens with one attached hydrogen (secondary N) is 2. The Morgan fingerprint density at radius 3 is 2.69 bits per heavy atom. The van der Waals surface area contributed by atoms with E-state index in [2.05, 4.69) is 53.4 Å². The van der Waals surface area contributed by atoms with Gasteiger partial charge < -0.3 is 10.6 Å². The summed E-state index contributed by atoms with van der Waals surface area (Å²) in [7, 11) is 0. The van der Waals surface area contributed by atoms with Crippen LogP contribution in [0.15, 0.2) is 24.3 Å². The minimum Gasteiger partial charge on any atom is -0.356 e. The molecule has 1 aliphatic heterocycles. The average Bonchev–Trinajstić information content (AvgIpc) is 2.96. The molecule has 1 aromatic heterocycles. The second-order valence-corrected chi connectivity index (χ2v) is 8.14. The summed E-state index contributed by atoms with van der Waals surface area (Å²) >= 11 is 0. The van der Waals surface area contributed by atoms with Crippen molar-refractivity contribution >= 4 is 18.3 Å². The van der Waals surface area contributed by atoms with Crippen LogP contribution in [0.4, 0.5) is 0 Å². The zero-order valence-corrected chi connectivity index (χ0v) is 18.8. The number of carbonyl (C=O) groups excluding carboxylic acids is 1. The number of piperidine rings is 1. The summed E-state index contributed by atoms with van der Waals surface area (Å²) in [6.07, 6.45) is 4.89. The molecule has 6 heteroatoms. The van der Waals surface area contributed by atoms with Crippen molar-refractivity contribution in [3.05, 3.63) is 52.3 Å². The zero-order chi connectivity index (χ0) is 19.9. The van der Waals surface area contributed by atoms with Crippen molar-refractivity contribution in [2.75, 3.05) is 19.6 Å². The van der Waals surface area contributed by atoms with Gasteiger partial charge >= 0.3 is 0 Å². The molecule has 2 N–H and O–H groups in total. The molecular formula is C23H35ClN4O. The molecule has 160 valence electrons. The van der Waals surface area contributed by atoms with Crippen LogP contribution in [0.2, 0.25) is 0 Å². The maximum absolute atomic E-state index is 12.3. The van der Waals surface area contributed by atoms with Crippen LogP contribution in [-0.4, -0.2) is 35.3 Å². The molecule has 0 bridgehead atoms. The summed E-state index contributed by atoms with van der Waals surface area (Å²) in [5, 5.41) is 11.2. The molecule has 1 aliphatic rings. The van der Waals surface area contributed by atoms with Crippen molar-refractivity contribution < 1.29 is 4.79 Å². The van der Waals surface area contributed by atoms with Crippen LogP contribution >= 0.6 is 12.4 Å². The molecule has 1 amide bonds. The number of nitrogens with zero attached hydrogens (tertiary/aromatic N) is 2. The lowest BCUT2D eigenvalue weighted by molar-refractivity contribution is -0.121. The highest BCUT2D eigenvalue weighted by molar-refractivity contribution is 5.85. The first-order valence-corrected chi connectivity index (χ1v) is 10.6. The number of aryl methyl sites for hydroxylation is 2. The van der Waals surface area contributed by atoms with Gasteiger partial charge in [-0.1, -0.05) is 29.8 Å². The maximum Gasteiger partial charge on any atom is 0.220 e. The molecule has 1 atom stereocenters. The van der Waals surface area contributed by atoms with Crippen LogP contribution in [0.5, 0.6) is 0 Å². The fourth-order valence-electron chi connectivity index (χ4n) is 4.03. The Bertz CT molecular complexity index is 779. The van der Waals surface area contributed by atoms with Gasteiger partial charge in [-0.3, -0.25) is 9.48 Å². The number of hydrogen-bond acceptors (Lipinski definition) is 3. The van der Waals surface area contributed by atoms with Crippen LogP contribution in [-0.2, 0) is 17.8 Å². The number of halogens is 1. The Kier molecular flexibility index (Phi) is 9.18. The number of benzene rings is 1. The third kappa shape index (κ3) is 6.86. The molecule has 0 saturated carbocycles. The molecule has 5 nitrogen and oxygen atoms in total. The van der Waals surface area contributed by atoms with E-state index in [1.54, 1.807) is 0 Å². The molecule has 1 saturated heterocycles. The quantitative estimate of drug-likeness (QED) is 0.686. The van der Waals surface area contributed by atoms with E-state index >= 15 is 0 Å². The van der Waals surface area contributed by atoms with Crippen LogP contribution in [0.1, 0.15) is 53.8 Å². The lowest BCUT2D eigenvalue weighted by Gasteiger charge is -2.22. The normalized spacial score (nSPS) is 16.3. The van der Waals surface area contributed by atoms with Crippen LogP contribution in [0, 0.1) is 26.7 Å². The smallest absolute Gasteiger partial charge is 0.220 e. The molecule has 0 radical (unpaired) electrons. The predicted octanol–water partition coefficient (Wildman–Crippen LogP) is 3.72. The first-order valence-electron chi connectivity index (χ1n) is 10.6. The number of aromatic nitrogens is 2. The molecule has 1 aromatic carbocycles. The van der Waals surface area contributed by atoms with Crippen molar-refractivity contribution in [2.24, 2.45) is 5.92 Å². The lowest BCUT2D eigenvalue weighted by atomic mass is 9.96. The highest BCUT2D eigenvalue weighted by Crippen LogP contribution is 2.17. The van der Waals surface area contributed by atoms with Crippen molar-refractivity contribution in [1.29, 1.82) is 0 Å². The monoisotopic (exact) mass is 418 g/mol. The fourth-order valence-corrected chi connectivity index (χ4v) is 4.03. The number of rotatable bonds is 8. The Labute approximate surface area is 181 Å². The topological polar surface area (TPSA) is 59.0 Å². The van der Waals surface area contributed by atoms with Gasteiger partial charge in [0.2, 0.25) is 5.91 Å². The summed E-state index contributed by atoms with van der Waals surface area (Å²) in [5.74, 6) is 0.854. The van der Waals surface area contributed by atoms with E-state index < -0.39 is 0 Å². The molecule has 2 heterocycles. The van der Waals surface area contributed by atoms with Crippen LogP contribution in [0.25, 0.3) is 0 Å². The third-order valence-electron chi connectivity index (χ3n) is 5.86. The van der Waals surface area contributed by atoms with E-state index in [4.69, 9.17) is 5.10 Å². The maximum atomic E-state index is 12.3. The van der Waals surface area contributed by atoms with Crippen molar-refractivity contribution in [1.82, 2.24) is 20.4 Å². The summed E-state index contributed by atoms with van der Waals surface area (Å²) in [6.45, 7) is 10.0. The SMILES string of the molecule is Cc1ccc(Cn2nc(C)c(CCC(=O)NCCC3CCCNC3)c2C)cc1.Cl. The van der Waals surface area contributed by atoms with Gasteiger partial charge in [-0.05, 0) is 76.6 Å². The van der Waals surface area contributed by atoms with E-state index in [0.717, 1.165) is 44.7 Å². The molecule has 29 heavy (non-hydrogen) atoms. The molecule has 3 rings (SSSR count). The highest BCUT2D eigenvalue weighted by Gasteiger charge is 2.15. The predicted molar refractivity (Wildman–Crippen MR) is 121 cm³/mol. The van der Waals surface area contributed by atoms with Gasteiger partial charge in [0.25, 0.3) is 0 Å². The number of hydrogen-bond donors (Lipinski definition) is 2. The summed E-state index contributed by atoms with van der Waals surface area (Å²) in [4.78, 5) is 12.3. The average molecular weight is 419 g/mol. The molecule has 0 aliphatic carbocycles. The van der Waals surface area contributed by atoms with Gasteiger partial charge in [-0.2, -0.15) is 5.10 Å². The second kappa shape index (κ2) is 11.4. The number of amides is 1. The Balaban J connectivity index is 0.00000300. The van der Waals surface area contributed by atoms with Gasteiger partial charge in [-0.15, -0.1) is 12.4 Å². The van der Waals surface area contributed by atoms with E-state index in [0.29, 0.717) is 12.3 Å². The molecule has 1 fully saturated rings. The molecule has 0 spiro atoms. The molecular weight excluding hydrogens is 384 g/mol. The van der Waals surface area contributed by atoms with E-state index in [9.17, 15) is 4.79 Å². The van der Waals surface area contributed by atoms with E-state index in [1.807, 2.05) is 6.92 Å². The van der Waals surface area contributed by atoms with E-state index in [-0.39, 0.29) is 18.3 Å². The van der Waals surface area contributed by atoms with Gasteiger partial charge in [0.05, 0.1) is 12.2 Å². The Morgan fingerprint density at radius 1 is 1.24 bits per heavy atom. The highest BCUT2D eigenvalue weighted by atomic mass is 35.5. The van der Waals surface area contributed by atoms with Gasteiger partial charge in [0, 0.05) is 18.7 Å². The second-order valence-electron chi connectivity index (χ2n) is 8.14. The molecule has 2 aromatic rings. The Morgan fingerprint density at radius 2 is 2.00 bits per heavy atom. The third-order valence-corrected chi connectivity index (χ3v) is 5.86. The largest absolute Gasteiger partial charge is 0.356 e. The van der Waals surface area contributed by atoms with Crippen LogP contribution < -0.4 is 10.6 Å². The van der Waals surface area contributed by atoms with Crippen LogP contribution in [0.3, 0.4) is 0 Å². The fraction of sp³-hybridized carbons (Fsp3) is 0.565. The summed E-state index contributed by atoms with van der Waals surface area (Å²) in [6, 6.07) is 8.58. The van der Waals surface area contributed by atoms with Crippen molar-refractivity contribution in [3.63, 3.8) is 0 Å². The van der Waals surface area contributed by atoms with Gasteiger partial charge in [-0.25, -0.2) is 0 Å². The minimum atomic E-state index is 0. The first kappa shape index (κ1) is 23.4. The first-order chi connectivity index (χ1) is 13.5. The molecule has 1 unspecified atom stereocenters. The van der Waals surface area contributed by atoms with E-state index in [1.165, 1.54) is 35.2 Å². The lowest BCUT2D eigenvalue weighted by Crippen LogP contribution is -2.33. The zero-order valence-electron chi connectivity index (χ0n) is 18.0. The Hall–Kier alpha value is -1.85. The standard InChI is InChI=1S/C23H34N4O.ClH/c1-17-6-8-21(9-7-17)16-27-19(3)22(18(2)26-27)10-11-23(28)25-14-12-20-5-4-13-24-15-20;/h6-9,20,24H,4-5,10-16H2,1-3H3,(H,25,28);1H.